The van der Waals surface area contributed by atoms with Gasteiger partial charge in [-0.25, -0.2) is 0 Å². The largest absolute Gasteiger partial charge is 0.310 e. The molecule has 0 N–H and O–H groups in total. The molecule has 0 aromatic heterocycles. The van der Waals surface area contributed by atoms with Gasteiger partial charge < -0.3 is 9.80 Å². The SMILES string of the molecule is C[Si](C)(C)C1([Si](C)(C)C)c2cc3cc(N(c4ccc(C5CCCCC5)cc4)c4ccc(C5CCCCC5)cc4)ccc3cc2-c2cc3ccc(N(c4ccc(C5CCCCC5)cc4)c4ccc(C5CCCCC5)cc4)cc3cc21. The van der Waals surface area contributed by atoms with Gasteiger partial charge >= 0.3 is 0 Å². The summed E-state index contributed by atoms with van der Waals surface area (Å²) in [6, 6.07) is 64.2. The predicted octanol–water partition coefficient (Wildman–Crippen LogP) is 23.1. The fraction of sp³-hybridized carbons (Fsp3) is 0.413. The number of rotatable bonds is 12. The molecule has 13 rings (SSSR count). The van der Waals surface area contributed by atoms with Crippen molar-refractivity contribution in [3.8, 4) is 11.1 Å². The second kappa shape index (κ2) is 21.7. The van der Waals surface area contributed by atoms with E-state index in [9.17, 15) is 0 Å². The fourth-order valence-electron chi connectivity index (χ4n) is 17.0. The van der Waals surface area contributed by atoms with Crippen molar-refractivity contribution >= 4 is 71.8 Å². The maximum Gasteiger partial charge on any atom is 0.0579 e. The molecule has 0 heterocycles. The van der Waals surface area contributed by atoms with Crippen LogP contribution in [0, 0.1) is 0 Å². The van der Waals surface area contributed by atoms with E-state index in [2.05, 4.69) is 207 Å². The van der Waals surface area contributed by atoms with Crippen molar-refractivity contribution in [1.29, 1.82) is 0 Å². The first kappa shape index (κ1) is 52.7. The first-order valence-electron chi connectivity index (χ1n) is 31.6. The number of benzene rings is 8. The van der Waals surface area contributed by atoms with Crippen LogP contribution in [0.4, 0.5) is 34.1 Å². The van der Waals surface area contributed by atoms with E-state index in [0.717, 1.165) is 0 Å². The van der Waals surface area contributed by atoms with Gasteiger partial charge in [-0.1, -0.05) is 189 Å². The molecule has 5 aliphatic carbocycles. The minimum absolute atomic E-state index is 0.00771. The lowest BCUT2D eigenvalue weighted by molar-refractivity contribution is 0.443. The molecule has 79 heavy (non-hydrogen) atoms. The van der Waals surface area contributed by atoms with E-state index in [1.165, 1.54) is 217 Å². The Morgan fingerprint density at radius 1 is 0.278 bits per heavy atom. The Bertz CT molecular complexity index is 3070. The van der Waals surface area contributed by atoms with E-state index < -0.39 is 16.1 Å². The molecule has 4 heteroatoms. The standard InChI is InChI=1S/C75H88N2Si2/c1-78(2,3)75(79(4,5)6)73-51-63-47-69(76(65-37-27-57(28-38-65)53-19-11-7-12-20-53)66-39-29-58(30-40-66)54-21-13-8-14-22-54)45-35-61(63)49-71(73)72-50-62-36-46-70(48-64(62)52-74(72)75)77(67-41-31-59(32-42-67)55-23-15-9-16-24-55)68-43-33-60(34-44-68)56-25-17-10-18-26-56/h27-56H,7-26H2,1-6H3. The van der Waals surface area contributed by atoms with E-state index in [1.807, 2.05) is 0 Å². The van der Waals surface area contributed by atoms with Crippen LogP contribution in [0.1, 0.15) is 185 Å². The third-order valence-electron chi connectivity index (χ3n) is 20.7. The van der Waals surface area contributed by atoms with Crippen molar-refractivity contribution in [1.82, 2.24) is 0 Å². The van der Waals surface area contributed by atoms with Crippen LogP contribution in [-0.4, -0.2) is 16.1 Å². The number of hydrogen-bond acceptors (Lipinski definition) is 2. The smallest absolute Gasteiger partial charge is 0.0579 e. The zero-order chi connectivity index (χ0) is 53.9. The normalized spacial score (nSPS) is 18.7. The van der Waals surface area contributed by atoms with Crippen LogP contribution < -0.4 is 9.80 Å². The summed E-state index contributed by atoms with van der Waals surface area (Å²) in [5.41, 5.74) is 19.6. The quantitative estimate of drug-likeness (QED) is 0.113. The molecule has 2 nitrogen and oxygen atoms in total. The van der Waals surface area contributed by atoms with Gasteiger partial charge in [0, 0.05) is 38.8 Å². The minimum Gasteiger partial charge on any atom is -0.310 e. The third kappa shape index (κ3) is 9.87. The molecule has 8 aromatic carbocycles. The lowest BCUT2D eigenvalue weighted by Crippen LogP contribution is -2.63. The average molecular weight is 1070 g/mol. The summed E-state index contributed by atoms with van der Waals surface area (Å²) in [7, 11) is -4.02. The van der Waals surface area contributed by atoms with Gasteiger partial charge in [-0.05, 0) is 226 Å². The summed E-state index contributed by atoms with van der Waals surface area (Å²) >= 11 is 0. The predicted molar refractivity (Wildman–Crippen MR) is 347 cm³/mol. The van der Waals surface area contributed by atoms with Gasteiger partial charge in [0.1, 0.15) is 0 Å². The van der Waals surface area contributed by atoms with Gasteiger partial charge in [0.15, 0.2) is 0 Å². The van der Waals surface area contributed by atoms with Crippen molar-refractivity contribution < 1.29 is 0 Å². The Morgan fingerprint density at radius 2 is 0.532 bits per heavy atom. The number of nitrogens with zero attached hydrogens (tertiary/aromatic N) is 2. The molecule has 0 unspecified atom stereocenters. The number of hydrogen-bond donors (Lipinski definition) is 0. The van der Waals surface area contributed by atoms with Gasteiger partial charge in [0.2, 0.25) is 0 Å². The molecular weight excluding hydrogens is 985 g/mol. The van der Waals surface area contributed by atoms with Crippen molar-refractivity contribution in [2.45, 2.75) is 196 Å². The molecule has 0 spiro atoms. The van der Waals surface area contributed by atoms with E-state index in [1.54, 1.807) is 11.1 Å². The monoisotopic (exact) mass is 1070 g/mol. The first-order chi connectivity index (χ1) is 38.4. The molecular formula is C75H88N2Si2. The van der Waals surface area contributed by atoms with Crippen molar-refractivity contribution in [3.63, 3.8) is 0 Å². The Labute approximate surface area is 477 Å². The maximum atomic E-state index is 2.69. The highest BCUT2D eigenvalue weighted by Crippen LogP contribution is 2.60. The number of anilines is 6. The van der Waals surface area contributed by atoms with Gasteiger partial charge in [-0.15, -0.1) is 0 Å². The van der Waals surface area contributed by atoms with Crippen molar-refractivity contribution in [3.05, 3.63) is 191 Å². The van der Waals surface area contributed by atoms with Crippen LogP contribution >= 0.6 is 0 Å². The van der Waals surface area contributed by atoms with Crippen LogP contribution in [0.3, 0.4) is 0 Å². The summed E-state index contributed by atoms with van der Waals surface area (Å²) in [5.74, 6) is 2.75. The molecule has 0 atom stereocenters. The van der Waals surface area contributed by atoms with Gasteiger partial charge in [-0.3, -0.25) is 0 Å². The zero-order valence-electron chi connectivity index (χ0n) is 48.9. The average Bonchev–Trinajstić information content (AvgIpc) is 3.66. The highest BCUT2D eigenvalue weighted by atomic mass is 28.4. The second-order valence-corrected chi connectivity index (χ2v) is 38.5. The molecule has 0 bridgehead atoms. The van der Waals surface area contributed by atoms with Crippen LogP contribution in [0.5, 0.6) is 0 Å². The minimum atomic E-state index is -2.01. The molecule has 0 saturated heterocycles. The Hall–Kier alpha value is -5.69. The lowest BCUT2D eigenvalue weighted by atomic mass is 9.84. The number of fused-ring (bicyclic) bond motifs is 5. The second-order valence-electron chi connectivity index (χ2n) is 27.5. The van der Waals surface area contributed by atoms with Crippen LogP contribution in [0.2, 0.25) is 39.3 Å². The molecule has 406 valence electrons. The topological polar surface area (TPSA) is 6.48 Å². The van der Waals surface area contributed by atoms with Gasteiger partial charge in [-0.2, -0.15) is 0 Å². The Balaban J connectivity index is 0.913. The summed E-state index contributed by atoms with van der Waals surface area (Å²) in [5, 5.41) is 5.34. The van der Waals surface area contributed by atoms with Crippen LogP contribution in [0.25, 0.3) is 32.7 Å². The molecule has 4 fully saturated rings. The maximum absolute atomic E-state index is 2.69. The molecule has 8 aromatic rings. The first-order valence-corrected chi connectivity index (χ1v) is 38.6. The fourth-order valence-corrected chi connectivity index (χ4v) is 30.1. The summed E-state index contributed by atoms with van der Waals surface area (Å²) < 4.78 is -0.00771. The van der Waals surface area contributed by atoms with Crippen LogP contribution in [0.15, 0.2) is 158 Å². The summed E-state index contributed by atoms with van der Waals surface area (Å²) in [4.78, 5) is 5.09. The van der Waals surface area contributed by atoms with E-state index in [4.69, 9.17) is 0 Å². The summed E-state index contributed by atoms with van der Waals surface area (Å²) in [6.07, 6.45) is 27.0. The van der Waals surface area contributed by atoms with E-state index in [0.29, 0.717) is 23.7 Å². The molecule has 0 radical (unpaired) electrons. The van der Waals surface area contributed by atoms with Crippen LogP contribution in [-0.2, 0) is 4.66 Å². The van der Waals surface area contributed by atoms with Crippen molar-refractivity contribution in [2.24, 2.45) is 0 Å². The van der Waals surface area contributed by atoms with E-state index in [-0.39, 0.29) is 4.66 Å². The van der Waals surface area contributed by atoms with E-state index >= 15 is 0 Å². The van der Waals surface area contributed by atoms with Crippen molar-refractivity contribution in [2.75, 3.05) is 9.80 Å². The molecule has 5 aliphatic rings. The lowest BCUT2D eigenvalue weighted by Gasteiger charge is -2.51. The molecule has 0 aliphatic heterocycles. The highest BCUT2D eigenvalue weighted by molar-refractivity contribution is 6.99. The molecule has 4 saturated carbocycles. The Kier molecular flexibility index (Phi) is 14.4. The van der Waals surface area contributed by atoms with Gasteiger partial charge in [0.25, 0.3) is 0 Å². The highest BCUT2D eigenvalue weighted by Gasteiger charge is 2.59. The van der Waals surface area contributed by atoms with Gasteiger partial charge in [0.05, 0.1) is 16.1 Å². The third-order valence-corrected chi connectivity index (χ3v) is 30.8. The Morgan fingerprint density at radius 3 is 0.785 bits per heavy atom. The molecule has 0 amide bonds. The zero-order valence-corrected chi connectivity index (χ0v) is 50.9. The summed E-state index contributed by atoms with van der Waals surface area (Å²) in [6.45, 7) is 16.1.